The summed E-state index contributed by atoms with van der Waals surface area (Å²) in [5, 5.41) is 10.9. The summed E-state index contributed by atoms with van der Waals surface area (Å²) in [6.45, 7) is 2.05. The van der Waals surface area contributed by atoms with Crippen molar-refractivity contribution in [1.29, 1.82) is 0 Å². The fourth-order valence-electron chi connectivity index (χ4n) is 2.07. The number of nitrogens with one attached hydrogen (secondary N) is 1. The van der Waals surface area contributed by atoms with Gasteiger partial charge in [-0.05, 0) is 32.9 Å². The van der Waals surface area contributed by atoms with Crippen molar-refractivity contribution in [1.82, 2.24) is 20.1 Å². The highest BCUT2D eigenvalue weighted by Crippen LogP contribution is 2.12. The lowest BCUT2D eigenvalue weighted by Gasteiger charge is -2.14. The van der Waals surface area contributed by atoms with E-state index in [1.807, 2.05) is 25.0 Å². The zero-order valence-electron chi connectivity index (χ0n) is 11.2. The van der Waals surface area contributed by atoms with E-state index in [1.165, 1.54) is 11.4 Å². The predicted octanol–water partition coefficient (Wildman–Crippen LogP) is 1.95. The molecule has 0 amide bonds. The first-order valence-corrected chi connectivity index (χ1v) is 7.12. The Morgan fingerprint density at radius 1 is 1.50 bits per heavy atom. The van der Waals surface area contributed by atoms with E-state index in [2.05, 4.69) is 33.8 Å². The largest absolute Gasteiger partial charge is 0.317 e. The van der Waals surface area contributed by atoms with Crippen LogP contribution in [-0.4, -0.2) is 27.9 Å². The Balaban J connectivity index is 1.88. The molecule has 0 saturated heterocycles. The van der Waals surface area contributed by atoms with Crippen molar-refractivity contribution in [3.63, 3.8) is 0 Å². The molecule has 1 unspecified atom stereocenters. The molecule has 0 bridgehead atoms. The molecule has 2 rings (SSSR count). The van der Waals surface area contributed by atoms with Gasteiger partial charge < -0.3 is 5.32 Å². The number of likely N-dealkylation sites (N-methyl/N-ethyl adjacent to an activating group) is 1. The van der Waals surface area contributed by atoms with Crippen molar-refractivity contribution < 1.29 is 0 Å². The third-order valence-electron chi connectivity index (χ3n) is 3.20. The summed E-state index contributed by atoms with van der Waals surface area (Å²) in [6, 6.07) is 2.56. The minimum absolute atomic E-state index is 0.474. The Hall–Kier alpha value is -1.20. The van der Waals surface area contributed by atoms with Gasteiger partial charge in [-0.3, -0.25) is 4.68 Å². The summed E-state index contributed by atoms with van der Waals surface area (Å²) in [5.41, 5.74) is 2.48. The van der Waals surface area contributed by atoms with Crippen LogP contribution in [0.3, 0.4) is 0 Å². The van der Waals surface area contributed by atoms with Gasteiger partial charge in [-0.2, -0.15) is 5.10 Å². The van der Waals surface area contributed by atoms with Crippen LogP contribution in [-0.2, 0) is 19.9 Å². The fourth-order valence-corrected chi connectivity index (χ4v) is 2.70. The number of hydrogen-bond acceptors (Lipinski definition) is 4. The molecular formula is C13H20N4S. The van der Waals surface area contributed by atoms with Gasteiger partial charge in [0.1, 0.15) is 0 Å². The first kappa shape index (κ1) is 13.2. The molecule has 98 valence electrons. The van der Waals surface area contributed by atoms with Gasteiger partial charge in [-0.1, -0.05) is 0 Å². The monoisotopic (exact) mass is 264 g/mol. The SMILES string of the molecule is CNC(CCc1ccnn1C)Cc1csc(C)n1. The molecule has 1 atom stereocenters. The van der Waals surface area contributed by atoms with Gasteiger partial charge in [0, 0.05) is 36.8 Å². The topological polar surface area (TPSA) is 42.7 Å². The quantitative estimate of drug-likeness (QED) is 0.867. The number of rotatable bonds is 6. The lowest BCUT2D eigenvalue weighted by molar-refractivity contribution is 0.506. The second-order valence-electron chi connectivity index (χ2n) is 4.53. The number of hydrogen-bond donors (Lipinski definition) is 1. The molecule has 5 heteroatoms. The minimum Gasteiger partial charge on any atom is -0.317 e. The Morgan fingerprint density at radius 3 is 2.89 bits per heavy atom. The van der Waals surface area contributed by atoms with Gasteiger partial charge in [0.15, 0.2) is 0 Å². The van der Waals surface area contributed by atoms with Crippen molar-refractivity contribution in [2.24, 2.45) is 7.05 Å². The highest BCUT2D eigenvalue weighted by molar-refractivity contribution is 7.09. The Kier molecular flexibility index (Phi) is 4.49. The van der Waals surface area contributed by atoms with Crippen LogP contribution in [0, 0.1) is 6.92 Å². The Labute approximate surface area is 112 Å². The van der Waals surface area contributed by atoms with Gasteiger partial charge in [0.2, 0.25) is 0 Å². The van der Waals surface area contributed by atoms with E-state index in [9.17, 15) is 0 Å². The van der Waals surface area contributed by atoms with Gasteiger partial charge in [-0.25, -0.2) is 4.98 Å². The third-order valence-corrected chi connectivity index (χ3v) is 4.02. The van der Waals surface area contributed by atoms with E-state index in [0.29, 0.717) is 6.04 Å². The predicted molar refractivity (Wildman–Crippen MR) is 74.9 cm³/mol. The molecule has 4 nitrogen and oxygen atoms in total. The highest BCUT2D eigenvalue weighted by Gasteiger charge is 2.10. The summed E-state index contributed by atoms with van der Waals surface area (Å²) in [4.78, 5) is 4.52. The summed E-state index contributed by atoms with van der Waals surface area (Å²) < 4.78 is 1.94. The average molecular weight is 264 g/mol. The number of aromatic nitrogens is 3. The molecule has 0 radical (unpaired) electrons. The average Bonchev–Trinajstić information content (AvgIpc) is 2.94. The molecule has 1 N–H and O–H groups in total. The van der Waals surface area contributed by atoms with Crippen LogP contribution < -0.4 is 5.32 Å². The maximum atomic E-state index is 4.52. The Bertz CT molecular complexity index is 489. The van der Waals surface area contributed by atoms with Crippen LogP contribution >= 0.6 is 11.3 Å². The standard InChI is InChI=1S/C13H20N4S/c1-10-16-12(9-18-10)8-11(14-2)4-5-13-6-7-15-17(13)3/h6-7,9,11,14H,4-5,8H2,1-3H3. The van der Waals surface area contributed by atoms with Crippen molar-refractivity contribution in [2.45, 2.75) is 32.2 Å². The molecule has 18 heavy (non-hydrogen) atoms. The second kappa shape index (κ2) is 6.11. The summed E-state index contributed by atoms with van der Waals surface area (Å²) >= 11 is 1.72. The maximum absolute atomic E-state index is 4.52. The Morgan fingerprint density at radius 2 is 2.33 bits per heavy atom. The van der Waals surface area contributed by atoms with E-state index < -0.39 is 0 Å². The molecule has 2 aromatic rings. The van der Waals surface area contributed by atoms with Crippen LogP contribution in [0.5, 0.6) is 0 Å². The van der Waals surface area contributed by atoms with Gasteiger partial charge in [0.25, 0.3) is 0 Å². The number of nitrogens with zero attached hydrogens (tertiary/aromatic N) is 3. The smallest absolute Gasteiger partial charge is 0.0897 e. The van der Waals surface area contributed by atoms with E-state index in [4.69, 9.17) is 0 Å². The van der Waals surface area contributed by atoms with Crippen molar-refractivity contribution in [3.05, 3.63) is 34.0 Å². The molecule has 0 aromatic carbocycles. The van der Waals surface area contributed by atoms with E-state index in [-0.39, 0.29) is 0 Å². The van der Waals surface area contributed by atoms with Crippen molar-refractivity contribution in [2.75, 3.05) is 7.05 Å². The van der Waals surface area contributed by atoms with Crippen LogP contribution in [0.1, 0.15) is 22.8 Å². The molecule has 2 aromatic heterocycles. The third kappa shape index (κ3) is 3.40. The summed E-state index contributed by atoms with van der Waals surface area (Å²) in [5.74, 6) is 0. The zero-order valence-corrected chi connectivity index (χ0v) is 12.0. The van der Waals surface area contributed by atoms with Gasteiger partial charge >= 0.3 is 0 Å². The van der Waals surface area contributed by atoms with Crippen molar-refractivity contribution >= 4 is 11.3 Å². The molecule has 0 aliphatic heterocycles. The zero-order chi connectivity index (χ0) is 13.0. The van der Waals surface area contributed by atoms with Crippen LogP contribution in [0.2, 0.25) is 0 Å². The molecule has 0 spiro atoms. The molecule has 0 aliphatic rings. The number of thiazole rings is 1. The van der Waals surface area contributed by atoms with E-state index in [0.717, 1.165) is 24.3 Å². The minimum atomic E-state index is 0.474. The molecule has 0 fully saturated rings. The lowest BCUT2D eigenvalue weighted by Crippen LogP contribution is -2.28. The normalized spacial score (nSPS) is 12.8. The van der Waals surface area contributed by atoms with Gasteiger partial charge in [0.05, 0.1) is 10.7 Å². The van der Waals surface area contributed by atoms with E-state index >= 15 is 0 Å². The van der Waals surface area contributed by atoms with Crippen LogP contribution in [0.15, 0.2) is 17.6 Å². The first-order chi connectivity index (χ1) is 8.69. The molecule has 0 saturated carbocycles. The maximum Gasteiger partial charge on any atom is 0.0897 e. The summed E-state index contributed by atoms with van der Waals surface area (Å²) in [6.07, 6.45) is 5.00. The van der Waals surface area contributed by atoms with Gasteiger partial charge in [-0.15, -0.1) is 11.3 Å². The second-order valence-corrected chi connectivity index (χ2v) is 5.59. The van der Waals surface area contributed by atoms with Crippen molar-refractivity contribution in [3.8, 4) is 0 Å². The number of aryl methyl sites for hydroxylation is 3. The van der Waals surface area contributed by atoms with E-state index in [1.54, 1.807) is 11.3 Å². The summed E-state index contributed by atoms with van der Waals surface area (Å²) in [7, 11) is 4.01. The van der Waals surface area contributed by atoms with Crippen LogP contribution in [0.4, 0.5) is 0 Å². The highest BCUT2D eigenvalue weighted by atomic mass is 32.1. The lowest BCUT2D eigenvalue weighted by atomic mass is 10.1. The molecule has 2 heterocycles. The van der Waals surface area contributed by atoms with Crippen LogP contribution in [0.25, 0.3) is 0 Å². The fraction of sp³-hybridized carbons (Fsp3) is 0.538. The molecule has 0 aliphatic carbocycles. The first-order valence-electron chi connectivity index (χ1n) is 6.24. The molecular weight excluding hydrogens is 244 g/mol.